The van der Waals surface area contributed by atoms with Crippen molar-refractivity contribution in [3.05, 3.63) is 35.5 Å². The summed E-state index contributed by atoms with van der Waals surface area (Å²) in [4.78, 5) is 8.97. The van der Waals surface area contributed by atoms with Gasteiger partial charge in [0.2, 0.25) is 5.16 Å². The molecule has 1 radical (unpaired) electrons. The number of hydrogen-bond acceptors (Lipinski definition) is 4. The van der Waals surface area contributed by atoms with Gasteiger partial charge in [0.1, 0.15) is 5.03 Å². The third-order valence-electron chi connectivity index (χ3n) is 1.96. The molecule has 3 nitrogen and oxygen atoms in total. The van der Waals surface area contributed by atoms with Crippen LogP contribution in [-0.2, 0) is 0 Å². The lowest BCUT2D eigenvalue weighted by atomic mass is 10.4. The number of methoxy groups -OCH3 is 1. The Hall–Kier alpha value is -1.04. The summed E-state index contributed by atoms with van der Waals surface area (Å²) in [5.74, 6) is 0.587. The van der Waals surface area contributed by atoms with Gasteiger partial charge in [0.25, 0.3) is 0 Å². The van der Waals surface area contributed by atoms with Crippen LogP contribution in [0.2, 0.25) is 5.02 Å². The predicted octanol–water partition coefficient (Wildman–Crippen LogP) is 3.85. The molecule has 1 aromatic carbocycles. The van der Waals surface area contributed by atoms with E-state index >= 15 is 0 Å². The van der Waals surface area contributed by atoms with Crippen molar-refractivity contribution in [2.24, 2.45) is 0 Å². The Morgan fingerprint density at radius 1 is 1.35 bits per heavy atom. The van der Waals surface area contributed by atoms with E-state index in [1.807, 2.05) is 24.3 Å². The monoisotopic (exact) mass is 283 g/mol. The molecule has 0 aliphatic carbocycles. The fourth-order valence-corrected chi connectivity index (χ4v) is 2.53. The molecule has 0 fully saturated rings. The van der Waals surface area contributed by atoms with Gasteiger partial charge in [-0.3, -0.25) is 0 Å². The Bertz CT molecular complexity index is 537. The van der Waals surface area contributed by atoms with Gasteiger partial charge in [-0.1, -0.05) is 35.5 Å². The van der Waals surface area contributed by atoms with Crippen molar-refractivity contribution < 1.29 is 4.74 Å². The quantitative estimate of drug-likeness (QED) is 0.633. The van der Waals surface area contributed by atoms with Crippen LogP contribution in [0.3, 0.4) is 0 Å². The first-order chi connectivity index (χ1) is 8.20. The van der Waals surface area contributed by atoms with E-state index in [4.69, 9.17) is 29.0 Å². The summed E-state index contributed by atoms with van der Waals surface area (Å²) < 4.78 is 5.18. The van der Waals surface area contributed by atoms with Gasteiger partial charge in [-0.15, -0.1) is 0 Å². The average molecular weight is 284 g/mol. The van der Waals surface area contributed by atoms with E-state index in [9.17, 15) is 0 Å². The first kappa shape index (κ1) is 12.4. The SMILES string of the molecule is COc1cnc([S])nc1Sc1ccccc1Cl. The maximum atomic E-state index is 6.08. The molecule has 0 aliphatic heterocycles. The third kappa shape index (κ3) is 3.00. The predicted molar refractivity (Wildman–Crippen MR) is 70.0 cm³/mol. The Morgan fingerprint density at radius 3 is 2.82 bits per heavy atom. The van der Waals surface area contributed by atoms with Crippen LogP contribution in [0, 0.1) is 0 Å². The number of nitrogens with zero attached hydrogens (tertiary/aromatic N) is 2. The second-order valence-corrected chi connectivity index (χ2v) is 4.86. The maximum Gasteiger partial charge on any atom is 0.220 e. The molecule has 0 amide bonds. The molecule has 0 unspecified atom stereocenters. The van der Waals surface area contributed by atoms with Gasteiger partial charge in [0, 0.05) is 4.90 Å². The largest absolute Gasteiger partial charge is 0.492 e. The van der Waals surface area contributed by atoms with Crippen LogP contribution in [0.1, 0.15) is 0 Å². The highest BCUT2D eigenvalue weighted by Gasteiger charge is 2.10. The number of ether oxygens (including phenoxy) is 1. The molecule has 2 aromatic rings. The van der Waals surface area contributed by atoms with Crippen LogP contribution >= 0.6 is 36.0 Å². The van der Waals surface area contributed by atoms with E-state index in [0.29, 0.717) is 21.0 Å². The molecule has 1 heterocycles. The summed E-state index contributed by atoms with van der Waals surface area (Å²) in [6.45, 7) is 0. The van der Waals surface area contributed by atoms with Gasteiger partial charge in [0.05, 0.1) is 18.3 Å². The average Bonchev–Trinajstić information content (AvgIpc) is 2.32. The summed E-state index contributed by atoms with van der Waals surface area (Å²) in [5, 5.41) is 1.63. The van der Waals surface area contributed by atoms with Crippen molar-refractivity contribution in [2.75, 3.05) is 7.11 Å². The highest BCUT2D eigenvalue weighted by molar-refractivity contribution is 7.99. The summed E-state index contributed by atoms with van der Waals surface area (Å²) >= 11 is 12.4. The van der Waals surface area contributed by atoms with E-state index in [2.05, 4.69) is 9.97 Å². The highest BCUT2D eigenvalue weighted by Crippen LogP contribution is 2.36. The van der Waals surface area contributed by atoms with Gasteiger partial charge < -0.3 is 4.74 Å². The maximum absolute atomic E-state index is 6.08. The molecule has 2 rings (SSSR count). The Labute approximate surface area is 114 Å². The van der Waals surface area contributed by atoms with Crippen LogP contribution in [0.5, 0.6) is 5.75 Å². The summed E-state index contributed by atoms with van der Waals surface area (Å²) in [7, 11) is 1.57. The Balaban J connectivity index is 2.35. The van der Waals surface area contributed by atoms with Crippen molar-refractivity contribution in [3.8, 4) is 5.75 Å². The summed E-state index contributed by atoms with van der Waals surface area (Å²) in [6, 6.07) is 7.53. The van der Waals surface area contributed by atoms with Crippen molar-refractivity contribution in [3.63, 3.8) is 0 Å². The van der Waals surface area contributed by atoms with Gasteiger partial charge in [-0.2, -0.15) is 0 Å². The van der Waals surface area contributed by atoms with Crippen molar-refractivity contribution in [2.45, 2.75) is 15.1 Å². The molecule has 6 heteroatoms. The number of benzene rings is 1. The minimum absolute atomic E-state index is 0.292. The van der Waals surface area contributed by atoms with Crippen molar-refractivity contribution in [1.82, 2.24) is 9.97 Å². The lowest BCUT2D eigenvalue weighted by Crippen LogP contribution is -1.93. The zero-order valence-electron chi connectivity index (χ0n) is 8.88. The first-order valence-corrected chi connectivity index (χ1v) is 6.31. The molecule has 0 bridgehead atoms. The number of rotatable bonds is 3. The minimum Gasteiger partial charge on any atom is -0.492 e. The van der Waals surface area contributed by atoms with E-state index in [-0.39, 0.29) is 0 Å². The molecule has 1 aromatic heterocycles. The second kappa shape index (κ2) is 5.53. The standard InChI is InChI=1S/C11H8ClN2OS2/c1-15-8-6-13-11(16)14-10(8)17-9-5-3-2-4-7(9)12/h2-6H,1H3. The van der Waals surface area contributed by atoms with E-state index in [1.54, 1.807) is 13.3 Å². The Morgan fingerprint density at radius 2 is 2.12 bits per heavy atom. The Kier molecular flexibility index (Phi) is 4.04. The fourth-order valence-electron chi connectivity index (χ4n) is 1.18. The molecule has 0 saturated carbocycles. The van der Waals surface area contributed by atoms with E-state index in [1.165, 1.54) is 11.8 Å². The number of halogens is 1. The van der Waals surface area contributed by atoms with Gasteiger partial charge in [-0.05, 0) is 24.8 Å². The molecule has 0 atom stereocenters. The lowest BCUT2D eigenvalue weighted by molar-refractivity contribution is 0.396. The van der Waals surface area contributed by atoms with Crippen LogP contribution in [0.4, 0.5) is 0 Å². The third-order valence-corrected chi connectivity index (χ3v) is 3.66. The molecular formula is C11H8ClN2OS2. The topological polar surface area (TPSA) is 35.0 Å². The minimum atomic E-state index is 0.292. The molecule has 0 spiro atoms. The normalized spacial score (nSPS) is 10.2. The highest BCUT2D eigenvalue weighted by atomic mass is 35.5. The van der Waals surface area contributed by atoms with Gasteiger partial charge in [0.15, 0.2) is 5.75 Å². The lowest BCUT2D eigenvalue weighted by Gasteiger charge is -2.07. The smallest absolute Gasteiger partial charge is 0.220 e. The van der Waals surface area contributed by atoms with Crippen molar-refractivity contribution >= 4 is 36.0 Å². The molecule has 87 valence electrons. The van der Waals surface area contributed by atoms with Gasteiger partial charge in [-0.25, -0.2) is 9.97 Å². The molecular weight excluding hydrogens is 276 g/mol. The number of hydrogen-bond donors (Lipinski definition) is 0. The second-order valence-electron chi connectivity index (χ2n) is 3.06. The van der Waals surface area contributed by atoms with Crippen LogP contribution < -0.4 is 4.74 Å². The summed E-state index contributed by atoms with van der Waals surface area (Å²) in [6.07, 6.45) is 1.56. The molecule has 17 heavy (non-hydrogen) atoms. The summed E-state index contributed by atoms with van der Waals surface area (Å²) in [5.41, 5.74) is 0. The molecule has 0 saturated heterocycles. The number of aromatic nitrogens is 2. The van der Waals surface area contributed by atoms with Gasteiger partial charge >= 0.3 is 0 Å². The van der Waals surface area contributed by atoms with Crippen LogP contribution in [0.15, 0.2) is 45.5 Å². The zero-order chi connectivity index (χ0) is 12.3. The van der Waals surface area contributed by atoms with E-state index in [0.717, 1.165) is 4.90 Å². The molecule has 0 aliphatic rings. The first-order valence-electron chi connectivity index (χ1n) is 4.71. The fraction of sp³-hybridized carbons (Fsp3) is 0.0909. The molecule has 0 N–H and O–H groups in total. The zero-order valence-corrected chi connectivity index (χ0v) is 11.3. The van der Waals surface area contributed by atoms with Crippen LogP contribution in [0.25, 0.3) is 0 Å². The van der Waals surface area contributed by atoms with Crippen molar-refractivity contribution in [1.29, 1.82) is 0 Å². The van der Waals surface area contributed by atoms with Crippen LogP contribution in [-0.4, -0.2) is 17.1 Å². The van der Waals surface area contributed by atoms with E-state index < -0.39 is 0 Å².